The number of rotatable bonds is 10. The molecule has 0 radical (unpaired) electrons. The molecule has 5 rings (SSSR count). The molecule has 0 saturated carbocycles. The van der Waals surface area contributed by atoms with Gasteiger partial charge < -0.3 is 30.0 Å². The molecule has 1 aliphatic heterocycles. The van der Waals surface area contributed by atoms with E-state index in [1.165, 1.54) is 6.07 Å². The molecule has 2 aromatic carbocycles. The largest absolute Gasteiger partial charge is 0.497 e. The number of benzene rings is 2. The average Bonchev–Trinajstić information content (AvgIpc) is 2.95. The molecule has 0 aliphatic carbocycles. The van der Waals surface area contributed by atoms with Gasteiger partial charge in [-0.05, 0) is 61.8 Å². The molecule has 9 nitrogen and oxygen atoms in total. The number of nitrogens with two attached hydrogens (primary N) is 1. The lowest BCUT2D eigenvalue weighted by Gasteiger charge is -2.32. The molecule has 1 saturated heterocycles. The fraction of sp³-hybridized carbons (Fsp3) is 0.367. The molecule has 3 heterocycles. The van der Waals surface area contributed by atoms with Gasteiger partial charge in [-0.15, -0.1) is 0 Å². The number of halogens is 1. The van der Waals surface area contributed by atoms with Crippen LogP contribution in [0.25, 0.3) is 21.8 Å². The fourth-order valence-corrected chi connectivity index (χ4v) is 5.61. The van der Waals surface area contributed by atoms with Crippen LogP contribution < -0.4 is 21.3 Å². The number of primary amides is 1. The van der Waals surface area contributed by atoms with E-state index in [9.17, 15) is 9.59 Å². The molecule has 3 N–H and O–H groups in total. The van der Waals surface area contributed by atoms with Gasteiger partial charge in [0.2, 0.25) is 5.91 Å². The van der Waals surface area contributed by atoms with Crippen LogP contribution in [-0.2, 0) is 24.4 Å². The summed E-state index contributed by atoms with van der Waals surface area (Å²) in [5.74, 6) is 0.182. The second-order valence-electron chi connectivity index (χ2n) is 10.2. The van der Waals surface area contributed by atoms with E-state index in [1.807, 2.05) is 36.4 Å². The number of fused-ring (bicyclic) bond motifs is 2. The van der Waals surface area contributed by atoms with Gasteiger partial charge in [0.1, 0.15) is 10.9 Å². The van der Waals surface area contributed by atoms with Gasteiger partial charge in [-0.3, -0.25) is 9.59 Å². The van der Waals surface area contributed by atoms with Crippen LogP contribution in [0.5, 0.6) is 5.75 Å². The minimum Gasteiger partial charge on any atom is -0.497 e. The summed E-state index contributed by atoms with van der Waals surface area (Å²) in [6.07, 6.45) is 1.97. The predicted octanol–water partition coefficient (Wildman–Crippen LogP) is 3.71. The summed E-state index contributed by atoms with van der Waals surface area (Å²) in [5.41, 5.74) is 9.01. The van der Waals surface area contributed by atoms with Crippen LogP contribution in [-0.4, -0.2) is 60.3 Å². The molecule has 1 amide bonds. The number of methoxy groups -OCH3 is 2. The minimum atomic E-state index is -0.608. The van der Waals surface area contributed by atoms with Crippen molar-refractivity contribution in [1.82, 2.24) is 19.8 Å². The second-order valence-corrected chi connectivity index (χ2v) is 10.5. The van der Waals surface area contributed by atoms with Crippen molar-refractivity contribution in [2.45, 2.75) is 38.6 Å². The number of pyridine rings is 2. The summed E-state index contributed by atoms with van der Waals surface area (Å²) in [4.78, 5) is 31.9. The Bertz CT molecular complexity index is 1600. The fourth-order valence-electron chi connectivity index (χ4n) is 5.40. The lowest BCUT2D eigenvalue weighted by Crippen LogP contribution is -2.43. The zero-order valence-electron chi connectivity index (χ0n) is 22.8. The maximum atomic E-state index is 13.0. The van der Waals surface area contributed by atoms with Crippen molar-refractivity contribution in [3.05, 3.63) is 80.7 Å². The van der Waals surface area contributed by atoms with Crippen LogP contribution in [0.4, 0.5) is 0 Å². The van der Waals surface area contributed by atoms with Gasteiger partial charge in [0, 0.05) is 55.2 Å². The van der Waals surface area contributed by atoms with E-state index in [-0.39, 0.29) is 11.1 Å². The Morgan fingerprint density at radius 3 is 2.62 bits per heavy atom. The highest BCUT2D eigenvalue weighted by molar-refractivity contribution is 6.30. The van der Waals surface area contributed by atoms with Gasteiger partial charge in [0.15, 0.2) is 0 Å². The minimum absolute atomic E-state index is 0.231. The molecule has 210 valence electrons. The van der Waals surface area contributed by atoms with Crippen molar-refractivity contribution >= 4 is 39.3 Å². The number of amides is 1. The molecule has 1 fully saturated rings. The van der Waals surface area contributed by atoms with Gasteiger partial charge in [-0.2, -0.15) is 0 Å². The SMILES string of the molecule is COCc1ccc2c(C(N)=O)cc(=O)n(CCN3CCC(NCc4cc5cc(OC)ccc5nc4Cl)CC3)c2c1. The highest BCUT2D eigenvalue weighted by Gasteiger charge is 2.20. The van der Waals surface area contributed by atoms with Gasteiger partial charge in [-0.25, -0.2) is 4.98 Å². The summed E-state index contributed by atoms with van der Waals surface area (Å²) in [7, 11) is 3.28. The summed E-state index contributed by atoms with van der Waals surface area (Å²) in [6, 6.07) is 15.2. The third-order valence-corrected chi connectivity index (χ3v) is 7.94. The van der Waals surface area contributed by atoms with Crippen LogP contribution in [0.15, 0.2) is 53.3 Å². The lowest BCUT2D eigenvalue weighted by molar-refractivity contribution is 0.100. The molecule has 2 aromatic heterocycles. The van der Waals surface area contributed by atoms with Crippen molar-refractivity contribution in [2.75, 3.05) is 33.9 Å². The van der Waals surface area contributed by atoms with E-state index in [0.717, 1.165) is 60.3 Å². The van der Waals surface area contributed by atoms with Gasteiger partial charge in [-0.1, -0.05) is 23.7 Å². The Balaban J connectivity index is 1.21. The van der Waals surface area contributed by atoms with Crippen molar-refractivity contribution in [3.63, 3.8) is 0 Å². The van der Waals surface area contributed by atoms with Crippen molar-refractivity contribution < 1.29 is 14.3 Å². The number of carbonyl (C=O) groups is 1. The standard InChI is InChI=1S/C30H34ClN5O4/c1-39-18-19-3-5-24-25(30(32)38)16-28(37)36(27(24)13-19)12-11-35-9-7-22(8-10-35)33-17-21-14-20-15-23(40-2)4-6-26(20)34-29(21)31/h3-6,13-16,22,33H,7-12,17-18H2,1-2H3,(H2,32,38). The molecule has 1 aliphatic rings. The lowest BCUT2D eigenvalue weighted by atomic mass is 10.0. The number of hydrogen-bond donors (Lipinski definition) is 2. The highest BCUT2D eigenvalue weighted by Crippen LogP contribution is 2.25. The number of aromatic nitrogens is 2. The van der Waals surface area contributed by atoms with Crippen LogP contribution in [0.1, 0.15) is 34.3 Å². The number of carbonyl (C=O) groups excluding carboxylic acids is 1. The molecular formula is C30H34ClN5O4. The molecule has 0 unspecified atom stereocenters. The smallest absolute Gasteiger partial charge is 0.251 e. The molecule has 0 spiro atoms. The van der Waals surface area contributed by atoms with E-state index in [1.54, 1.807) is 18.8 Å². The third kappa shape index (κ3) is 6.13. The first-order valence-electron chi connectivity index (χ1n) is 13.4. The van der Waals surface area contributed by atoms with E-state index < -0.39 is 5.91 Å². The van der Waals surface area contributed by atoms with Crippen molar-refractivity contribution in [1.29, 1.82) is 0 Å². The zero-order valence-corrected chi connectivity index (χ0v) is 23.5. The number of hydrogen-bond acceptors (Lipinski definition) is 7. The number of nitrogens with zero attached hydrogens (tertiary/aromatic N) is 3. The third-order valence-electron chi connectivity index (χ3n) is 7.61. The van der Waals surface area contributed by atoms with Gasteiger partial charge in [0.25, 0.3) is 5.56 Å². The quantitative estimate of drug-likeness (QED) is 0.283. The van der Waals surface area contributed by atoms with E-state index in [0.29, 0.717) is 41.8 Å². The normalized spacial score (nSPS) is 14.7. The van der Waals surface area contributed by atoms with Crippen LogP contribution in [0.2, 0.25) is 5.15 Å². The maximum Gasteiger partial charge on any atom is 0.251 e. The van der Waals surface area contributed by atoms with Crippen molar-refractivity contribution in [3.8, 4) is 5.75 Å². The molecule has 10 heteroatoms. The molecule has 4 aromatic rings. The first kappa shape index (κ1) is 28.0. The highest BCUT2D eigenvalue weighted by atomic mass is 35.5. The Labute approximate surface area is 237 Å². The summed E-state index contributed by atoms with van der Waals surface area (Å²) < 4.78 is 12.3. The second kappa shape index (κ2) is 12.3. The summed E-state index contributed by atoms with van der Waals surface area (Å²) in [5, 5.41) is 5.82. The monoisotopic (exact) mass is 563 g/mol. The van der Waals surface area contributed by atoms with Crippen LogP contribution >= 0.6 is 11.6 Å². The van der Waals surface area contributed by atoms with Gasteiger partial charge in [0.05, 0.1) is 30.3 Å². The predicted molar refractivity (Wildman–Crippen MR) is 157 cm³/mol. The van der Waals surface area contributed by atoms with E-state index in [2.05, 4.69) is 21.3 Å². The molecule has 0 atom stereocenters. The first-order valence-corrected chi connectivity index (χ1v) is 13.8. The number of ether oxygens (including phenoxy) is 2. The van der Waals surface area contributed by atoms with Crippen LogP contribution in [0.3, 0.4) is 0 Å². The number of piperidine rings is 1. The zero-order chi connectivity index (χ0) is 28.2. The Kier molecular flexibility index (Phi) is 8.66. The average molecular weight is 564 g/mol. The molecular weight excluding hydrogens is 530 g/mol. The number of likely N-dealkylation sites (tertiary alicyclic amines) is 1. The van der Waals surface area contributed by atoms with Crippen LogP contribution in [0, 0.1) is 0 Å². The topological polar surface area (TPSA) is 112 Å². The Morgan fingerprint density at radius 1 is 1.10 bits per heavy atom. The summed E-state index contributed by atoms with van der Waals surface area (Å²) in [6.45, 7) is 4.14. The molecule has 0 bridgehead atoms. The molecule has 40 heavy (non-hydrogen) atoms. The maximum absolute atomic E-state index is 13.0. The summed E-state index contributed by atoms with van der Waals surface area (Å²) >= 11 is 6.47. The number of nitrogens with one attached hydrogen (secondary N) is 1. The van der Waals surface area contributed by atoms with Crippen molar-refractivity contribution in [2.24, 2.45) is 5.73 Å². The van der Waals surface area contributed by atoms with E-state index in [4.69, 9.17) is 26.8 Å². The Hall–Kier alpha value is -3.50. The Morgan fingerprint density at radius 2 is 1.90 bits per heavy atom. The van der Waals surface area contributed by atoms with E-state index >= 15 is 0 Å². The first-order chi connectivity index (χ1) is 19.4. The van der Waals surface area contributed by atoms with Gasteiger partial charge >= 0.3 is 0 Å².